The zero-order chi connectivity index (χ0) is 19.9. The first-order chi connectivity index (χ1) is 13.8. The number of pyridine rings is 1. The van der Waals surface area contributed by atoms with Crippen molar-refractivity contribution in [3.8, 4) is 22.5 Å². The van der Waals surface area contributed by atoms with Gasteiger partial charge in [0.05, 0.1) is 5.52 Å². The van der Waals surface area contributed by atoms with Gasteiger partial charge in [-0.1, -0.05) is 24.3 Å². The Labute approximate surface area is 163 Å². The molecule has 6 nitrogen and oxygen atoms in total. The standard InChI is InChI=1S/C21H16N4O.CH5N/c1-22-21-18-11-16(15-5-2-4-14(10-15)13-26)7-8-19(18)24-20(25-21)17-6-3-9-23-12-17;1-2/h2-13H,1H3,(H,22,24,25);2H2,1H3. The number of nitrogens with two attached hydrogens (primary N) is 1. The van der Waals surface area contributed by atoms with E-state index in [1.807, 2.05) is 55.6 Å². The number of hydrogen-bond acceptors (Lipinski definition) is 6. The monoisotopic (exact) mass is 371 g/mol. The van der Waals surface area contributed by atoms with Gasteiger partial charge in [-0.2, -0.15) is 0 Å². The smallest absolute Gasteiger partial charge is 0.163 e. The van der Waals surface area contributed by atoms with Gasteiger partial charge in [0.25, 0.3) is 0 Å². The highest BCUT2D eigenvalue weighted by Gasteiger charge is 2.10. The highest BCUT2D eigenvalue weighted by molar-refractivity contribution is 5.94. The van der Waals surface area contributed by atoms with Crippen molar-refractivity contribution in [1.82, 2.24) is 15.0 Å². The molecule has 2 aromatic heterocycles. The molecule has 0 saturated carbocycles. The molecule has 0 unspecified atom stereocenters. The summed E-state index contributed by atoms with van der Waals surface area (Å²) in [5, 5.41) is 4.08. The maximum Gasteiger partial charge on any atom is 0.163 e. The number of aldehydes is 1. The van der Waals surface area contributed by atoms with Crippen molar-refractivity contribution < 1.29 is 4.79 Å². The lowest BCUT2D eigenvalue weighted by molar-refractivity contribution is 0.112. The third kappa shape index (κ3) is 3.87. The van der Waals surface area contributed by atoms with Crippen LogP contribution in [-0.2, 0) is 0 Å². The summed E-state index contributed by atoms with van der Waals surface area (Å²) in [6.07, 6.45) is 4.33. The minimum atomic E-state index is 0.630. The maximum absolute atomic E-state index is 11.0. The van der Waals surface area contributed by atoms with Gasteiger partial charge in [0.2, 0.25) is 0 Å². The summed E-state index contributed by atoms with van der Waals surface area (Å²) in [7, 11) is 3.34. The number of fused-ring (bicyclic) bond motifs is 1. The van der Waals surface area contributed by atoms with Gasteiger partial charge in [0, 0.05) is 36.0 Å². The van der Waals surface area contributed by atoms with Gasteiger partial charge in [0.1, 0.15) is 12.1 Å². The second-order valence-electron chi connectivity index (χ2n) is 5.86. The van der Waals surface area contributed by atoms with E-state index in [0.717, 1.165) is 39.7 Å². The zero-order valence-corrected chi connectivity index (χ0v) is 15.8. The molecule has 0 spiro atoms. The molecule has 28 heavy (non-hydrogen) atoms. The Balaban J connectivity index is 0.00000109. The Morgan fingerprint density at radius 2 is 1.71 bits per heavy atom. The SMILES string of the molecule is CN.CNc1nc(-c2cccnc2)nc2ccc(-c3cccc(C=O)c3)cc12. The van der Waals surface area contributed by atoms with Crippen LogP contribution in [0.15, 0.2) is 67.0 Å². The number of nitrogens with zero attached hydrogens (tertiary/aromatic N) is 3. The molecule has 2 heterocycles. The molecule has 0 atom stereocenters. The predicted octanol–water partition coefficient (Wildman–Crippen LogP) is 3.79. The summed E-state index contributed by atoms with van der Waals surface area (Å²) in [6, 6.07) is 17.3. The van der Waals surface area contributed by atoms with Crippen molar-refractivity contribution in [2.75, 3.05) is 19.4 Å². The summed E-state index contributed by atoms with van der Waals surface area (Å²) in [6.45, 7) is 0. The molecular formula is C22H21N5O. The molecule has 3 N–H and O–H groups in total. The highest BCUT2D eigenvalue weighted by atomic mass is 16.1. The van der Waals surface area contributed by atoms with E-state index in [1.165, 1.54) is 7.05 Å². The molecule has 0 saturated heterocycles. The average Bonchev–Trinajstić information content (AvgIpc) is 2.80. The van der Waals surface area contributed by atoms with Crippen LogP contribution in [0.3, 0.4) is 0 Å². The van der Waals surface area contributed by atoms with E-state index in [2.05, 4.69) is 26.0 Å². The first-order valence-electron chi connectivity index (χ1n) is 8.82. The average molecular weight is 371 g/mol. The van der Waals surface area contributed by atoms with E-state index in [4.69, 9.17) is 0 Å². The van der Waals surface area contributed by atoms with Crippen LogP contribution in [0.25, 0.3) is 33.4 Å². The summed E-state index contributed by atoms with van der Waals surface area (Å²) >= 11 is 0. The molecule has 0 aliphatic heterocycles. The van der Waals surface area contributed by atoms with Gasteiger partial charge in [-0.15, -0.1) is 0 Å². The fourth-order valence-corrected chi connectivity index (χ4v) is 2.91. The van der Waals surface area contributed by atoms with E-state index in [1.54, 1.807) is 18.5 Å². The highest BCUT2D eigenvalue weighted by Crippen LogP contribution is 2.29. The van der Waals surface area contributed by atoms with Crippen LogP contribution in [0.2, 0.25) is 0 Å². The van der Waals surface area contributed by atoms with Gasteiger partial charge >= 0.3 is 0 Å². The molecule has 2 aromatic carbocycles. The van der Waals surface area contributed by atoms with Crippen molar-refractivity contribution in [3.05, 3.63) is 72.6 Å². The normalized spacial score (nSPS) is 10.1. The number of anilines is 1. The summed E-state index contributed by atoms with van der Waals surface area (Å²) in [4.78, 5) is 24.5. The van der Waals surface area contributed by atoms with E-state index in [9.17, 15) is 4.79 Å². The number of carbonyl (C=O) groups is 1. The van der Waals surface area contributed by atoms with Crippen LogP contribution in [0, 0.1) is 0 Å². The minimum absolute atomic E-state index is 0.630. The van der Waals surface area contributed by atoms with Gasteiger partial charge < -0.3 is 11.1 Å². The van der Waals surface area contributed by atoms with Gasteiger partial charge in [-0.3, -0.25) is 9.78 Å². The third-order valence-corrected chi connectivity index (χ3v) is 4.21. The van der Waals surface area contributed by atoms with Crippen molar-refractivity contribution in [1.29, 1.82) is 0 Å². The second kappa shape index (κ2) is 8.83. The molecular weight excluding hydrogens is 350 g/mol. The Kier molecular flexibility index (Phi) is 6.04. The molecule has 0 radical (unpaired) electrons. The van der Waals surface area contributed by atoms with Crippen LogP contribution in [-0.4, -0.2) is 35.3 Å². The summed E-state index contributed by atoms with van der Waals surface area (Å²) in [5.74, 6) is 1.38. The van der Waals surface area contributed by atoms with Crippen LogP contribution in [0.5, 0.6) is 0 Å². The third-order valence-electron chi connectivity index (χ3n) is 4.21. The quantitative estimate of drug-likeness (QED) is 0.530. The Hall–Kier alpha value is -3.64. The molecule has 0 aliphatic carbocycles. The van der Waals surface area contributed by atoms with Crippen molar-refractivity contribution in [2.24, 2.45) is 5.73 Å². The zero-order valence-electron chi connectivity index (χ0n) is 15.8. The number of carbonyl (C=O) groups excluding carboxylic acids is 1. The summed E-state index contributed by atoms with van der Waals surface area (Å²) in [5.41, 5.74) is 8.86. The van der Waals surface area contributed by atoms with E-state index in [-0.39, 0.29) is 0 Å². The van der Waals surface area contributed by atoms with Crippen LogP contribution in [0.1, 0.15) is 10.4 Å². The molecule has 4 rings (SSSR count). The second-order valence-corrected chi connectivity index (χ2v) is 5.86. The molecule has 0 amide bonds. The Bertz CT molecular complexity index is 1100. The fraction of sp³-hybridized carbons (Fsp3) is 0.0909. The van der Waals surface area contributed by atoms with Crippen LogP contribution >= 0.6 is 0 Å². The summed E-state index contributed by atoms with van der Waals surface area (Å²) < 4.78 is 0. The van der Waals surface area contributed by atoms with E-state index < -0.39 is 0 Å². The molecule has 140 valence electrons. The maximum atomic E-state index is 11.0. The van der Waals surface area contributed by atoms with Crippen molar-refractivity contribution in [3.63, 3.8) is 0 Å². The van der Waals surface area contributed by atoms with E-state index >= 15 is 0 Å². The van der Waals surface area contributed by atoms with Crippen LogP contribution < -0.4 is 11.1 Å². The first-order valence-corrected chi connectivity index (χ1v) is 8.82. The van der Waals surface area contributed by atoms with Gasteiger partial charge in [0.15, 0.2) is 5.82 Å². The lowest BCUT2D eigenvalue weighted by Gasteiger charge is -2.10. The van der Waals surface area contributed by atoms with Crippen LogP contribution in [0.4, 0.5) is 5.82 Å². The number of hydrogen-bond donors (Lipinski definition) is 2. The fourth-order valence-electron chi connectivity index (χ4n) is 2.91. The van der Waals surface area contributed by atoms with E-state index in [0.29, 0.717) is 11.4 Å². The first kappa shape index (κ1) is 19.1. The molecule has 4 aromatic rings. The minimum Gasteiger partial charge on any atom is -0.373 e. The number of nitrogens with one attached hydrogen (secondary N) is 1. The largest absolute Gasteiger partial charge is 0.373 e. The Morgan fingerprint density at radius 1 is 0.929 bits per heavy atom. The number of aromatic nitrogens is 3. The molecule has 0 fully saturated rings. The number of rotatable bonds is 4. The molecule has 0 aliphatic rings. The number of benzene rings is 2. The Morgan fingerprint density at radius 3 is 2.43 bits per heavy atom. The van der Waals surface area contributed by atoms with Gasteiger partial charge in [-0.25, -0.2) is 9.97 Å². The van der Waals surface area contributed by atoms with Crippen molar-refractivity contribution >= 4 is 23.0 Å². The lowest BCUT2D eigenvalue weighted by atomic mass is 10.0. The topological polar surface area (TPSA) is 93.8 Å². The predicted molar refractivity (Wildman–Crippen MR) is 113 cm³/mol. The molecule has 0 bridgehead atoms. The molecule has 6 heteroatoms. The lowest BCUT2D eigenvalue weighted by Crippen LogP contribution is -1.99. The van der Waals surface area contributed by atoms with Gasteiger partial charge in [-0.05, 0) is 48.5 Å². The van der Waals surface area contributed by atoms with Crippen molar-refractivity contribution in [2.45, 2.75) is 0 Å².